The summed E-state index contributed by atoms with van der Waals surface area (Å²) in [5, 5.41) is 11.3. The van der Waals surface area contributed by atoms with E-state index >= 15 is 0 Å². The van der Waals surface area contributed by atoms with Gasteiger partial charge in [-0.3, -0.25) is 10.1 Å². The van der Waals surface area contributed by atoms with Crippen molar-refractivity contribution < 1.29 is 4.79 Å². The molecule has 1 aromatic rings. The number of carbonyl (C=O) groups is 1. The first kappa shape index (κ1) is 13.8. The molecule has 1 aliphatic carbocycles. The van der Waals surface area contributed by atoms with Gasteiger partial charge in [0.15, 0.2) is 4.34 Å². The summed E-state index contributed by atoms with van der Waals surface area (Å²) in [6.45, 7) is 3.97. The van der Waals surface area contributed by atoms with Crippen LogP contribution in [0.1, 0.15) is 20.3 Å². The van der Waals surface area contributed by atoms with Gasteiger partial charge in [0.05, 0.1) is 8.65 Å². The Morgan fingerprint density at radius 2 is 2.24 bits per heavy atom. The van der Waals surface area contributed by atoms with Crippen molar-refractivity contribution >= 4 is 66.0 Å². The summed E-state index contributed by atoms with van der Waals surface area (Å²) in [6, 6.07) is 0. The number of hydrogen-bond donors (Lipinski definition) is 1. The molecule has 1 N–H and O–H groups in total. The Kier molecular flexibility index (Phi) is 3.88. The number of amides is 1. The van der Waals surface area contributed by atoms with E-state index in [0.717, 1.165) is 16.5 Å². The third-order valence-corrected chi connectivity index (χ3v) is 6.82. The Balaban J connectivity index is 1.99. The molecule has 1 atom stereocenters. The molecule has 1 heterocycles. The molecule has 0 aromatic carbocycles. The summed E-state index contributed by atoms with van der Waals surface area (Å²) in [5.41, 5.74) is -0.420. The number of anilines is 1. The molecule has 8 heteroatoms. The van der Waals surface area contributed by atoms with E-state index in [-0.39, 0.29) is 9.14 Å². The van der Waals surface area contributed by atoms with Gasteiger partial charge in [0.2, 0.25) is 11.0 Å². The fourth-order valence-corrected chi connectivity index (χ4v) is 4.45. The summed E-state index contributed by atoms with van der Waals surface area (Å²) < 4.78 is 0.607. The third kappa shape index (κ3) is 2.69. The highest BCUT2D eigenvalue weighted by atomic mass is 79.9. The largest absolute Gasteiger partial charge is 0.300 e. The molecule has 0 saturated heterocycles. The molecule has 1 fully saturated rings. The van der Waals surface area contributed by atoms with Crippen molar-refractivity contribution in [3.8, 4) is 0 Å². The van der Waals surface area contributed by atoms with E-state index in [0.29, 0.717) is 5.13 Å². The number of carbonyl (C=O) groups excluding carboxylic acids is 1. The Morgan fingerprint density at radius 3 is 2.76 bits per heavy atom. The van der Waals surface area contributed by atoms with Gasteiger partial charge in [-0.2, -0.15) is 0 Å². The Hall–Kier alpha value is 0.340. The maximum absolute atomic E-state index is 12.0. The number of alkyl halides is 2. The number of nitrogens with zero attached hydrogens (tertiary/aromatic N) is 2. The molecule has 0 spiro atoms. The van der Waals surface area contributed by atoms with Crippen LogP contribution < -0.4 is 5.32 Å². The van der Waals surface area contributed by atoms with Gasteiger partial charge < -0.3 is 0 Å². The van der Waals surface area contributed by atoms with Crippen LogP contribution in [0.2, 0.25) is 0 Å². The number of hydrogen-bond acceptors (Lipinski definition) is 5. The average molecular weight is 401 g/mol. The quantitative estimate of drug-likeness (QED) is 0.477. The summed E-state index contributed by atoms with van der Waals surface area (Å²) in [5.74, 6) is 0.919. The predicted molar refractivity (Wildman–Crippen MR) is 78.2 cm³/mol. The molecular weight excluding hydrogens is 390 g/mol. The monoisotopic (exact) mass is 399 g/mol. The second-order valence-corrected chi connectivity index (χ2v) is 10.2. The second kappa shape index (κ2) is 4.79. The van der Waals surface area contributed by atoms with Crippen molar-refractivity contribution in [1.29, 1.82) is 0 Å². The van der Waals surface area contributed by atoms with Gasteiger partial charge in [-0.05, 0) is 19.1 Å². The molecule has 1 saturated carbocycles. The lowest BCUT2D eigenvalue weighted by atomic mass is 10.1. The minimum Gasteiger partial charge on any atom is -0.300 e. The van der Waals surface area contributed by atoms with Crippen LogP contribution in [0.4, 0.5) is 5.13 Å². The molecule has 0 radical (unpaired) electrons. The van der Waals surface area contributed by atoms with Crippen LogP contribution in [0.5, 0.6) is 0 Å². The average Bonchev–Trinajstić information content (AvgIpc) is 2.61. The Bertz CT molecular complexity index is 451. The van der Waals surface area contributed by atoms with Gasteiger partial charge in [-0.25, -0.2) is 0 Å². The van der Waals surface area contributed by atoms with Gasteiger partial charge in [0.25, 0.3) is 0 Å². The van der Waals surface area contributed by atoms with E-state index in [9.17, 15) is 4.79 Å². The van der Waals surface area contributed by atoms with Crippen molar-refractivity contribution in [2.75, 3.05) is 11.1 Å². The molecule has 0 aliphatic heterocycles. The van der Waals surface area contributed by atoms with E-state index in [4.69, 9.17) is 0 Å². The molecule has 4 nitrogen and oxygen atoms in total. The van der Waals surface area contributed by atoms with Crippen LogP contribution in [0.25, 0.3) is 0 Å². The van der Waals surface area contributed by atoms with Gasteiger partial charge in [-0.1, -0.05) is 61.9 Å². The fourth-order valence-electron chi connectivity index (χ4n) is 1.32. The Labute approximate surface area is 125 Å². The van der Waals surface area contributed by atoms with E-state index in [1.807, 2.05) is 6.92 Å². The lowest BCUT2D eigenvalue weighted by Crippen LogP contribution is -2.25. The molecule has 17 heavy (non-hydrogen) atoms. The zero-order valence-electron chi connectivity index (χ0n) is 9.29. The van der Waals surface area contributed by atoms with Crippen LogP contribution in [0.3, 0.4) is 0 Å². The zero-order chi connectivity index (χ0) is 12.7. The lowest BCUT2D eigenvalue weighted by Gasteiger charge is -2.10. The standard InChI is InChI=1S/C9H11Br2N3OS2/c1-3-16-7-14-13-6(17-7)12-5(15)8(2)4-9(8,10)11/h3-4H2,1-2H3,(H,12,13,15)/t8-/m1/s1. The van der Waals surface area contributed by atoms with E-state index in [1.165, 1.54) is 11.3 Å². The highest BCUT2D eigenvalue weighted by Crippen LogP contribution is 2.66. The van der Waals surface area contributed by atoms with Crippen LogP contribution in [-0.2, 0) is 4.79 Å². The first-order valence-electron chi connectivity index (χ1n) is 5.04. The molecule has 1 aromatic heterocycles. The van der Waals surface area contributed by atoms with E-state index < -0.39 is 5.41 Å². The van der Waals surface area contributed by atoms with Crippen LogP contribution in [0, 0.1) is 5.41 Å². The van der Waals surface area contributed by atoms with Crippen molar-refractivity contribution in [3.63, 3.8) is 0 Å². The molecule has 0 bridgehead atoms. The molecule has 2 rings (SSSR count). The van der Waals surface area contributed by atoms with Crippen molar-refractivity contribution in [2.24, 2.45) is 5.41 Å². The first-order valence-corrected chi connectivity index (χ1v) is 8.43. The summed E-state index contributed by atoms with van der Waals surface area (Å²) in [4.78, 5) is 12.0. The maximum Gasteiger partial charge on any atom is 0.234 e. The van der Waals surface area contributed by atoms with Gasteiger partial charge >= 0.3 is 0 Å². The van der Waals surface area contributed by atoms with Crippen molar-refractivity contribution in [2.45, 2.75) is 27.8 Å². The van der Waals surface area contributed by atoms with Gasteiger partial charge in [0, 0.05) is 0 Å². The number of thioether (sulfide) groups is 1. The summed E-state index contributed by atoms with van der Waals surface area (Å²) in [6.07, 6.45) is 0.765. The van der Waals surface area contributed by atoms with Crippen LogP contribution >= 0.6 is 55.0 Å². The van der Waals surface area contributed by atoms with Crippen LogP contribution in [0.15, 0.2) is 4.34 Å². The number of halogens is 2. The van der Waals surface area contributed by atoms with E-state index in [1.54, 1.807) is 11.8 Å². The summed E-state index contributed by atoms with van der Waals surface area (Å²) >= 11 is 9.97. The predicted octanol–water partition coefficient (Wildman–Crippen LogP) is 3.48. The topological polar surface area (TPSA) is 54.9 Å². The van der Waals surface area contributed by atoms with Crippen molar-refractivity contribution in [1.82, 2.24) is 10.2 Å². The third-order valence-electron chi connectivity index (χ3n) is 2.65. The second-order valence-electron chi connectivity index (χ2n) is 3.97. The SMILES string of the molecule is CCSc1nnc(NC(=O)[C@@]2(C)CC2(Br)Br)s1. The Morgan fingerprint density at radius 1 is 1.59 bits per heavy atom. The lowest BCUT2D eigenvalue weighted by molar-refractivity contribution is -0.120. The van der Waals surface area contributed by atoms with Crippen LogP contribution in [-0.4, -0.2) is 25.1 Å². The van der Waals surface area contributed by atoms with Gasteiger partial charge in [-0.15, -0.1) is 10.2 Å². The van der Waals surface area contributed by atoms with E-state index in [2.05, 4.69) is 54.3 Å². The van der Waals surface area contributed by atoms with Crippen molar-refractivity contribution in [3.05, 3.63) is 0 Å². The minimum atomic E-state index is -0.420. The fraction of sp³-hybridized carbons (Fsp3) is 0.667. The number of aromatic nitrogens is 2. The number of rotatable bonds is 4. The molecule has 0 unspecified atom stereocenters. The highest BCUT2D eigenvalue weighted by Gasteiger charge is 2.66. The number of nitrogens with one attached hydrogen (secondary N) is 1. The molecule has 1 aliphatic rings. The normalized spacial score (nSPS) is 25.6. The van der Waals surface area contributed by atoms with Gasteiger partial charge in [0.1, 0.15) is 0 Å². The molecule has 94 valence electrons. The molecule has 1 amide bonds. The minimum absolute atomic E-state index is 0.0320. The smallest absolute Gasteiger partial charge is 0.234 e. The molecular formula is C9H11Br2N3OS2. The summed E-state index contributed by atoms with van der Waals surface area (Å²) in [7, 11) is 0. The first-order chi connectivity index (χ1) is 7.89. The zero-order valence-corrected chi connectivity index (χ0v) is 14.1. The maximum atomic E-state index is 12.0. The highest BCUT2D eigenvalue weighted by molar-refractivity contribution is 9.25.